The predicted octanol–water partition coefficient (Wildman–Crippen LogP) is 0.798. The van der Waals surface area contributed by atoms with Crippen LogP contribution in [0.15, 0.2) is 24.3 Å². The molecule has 1 aromatic carbocycles. The first-order chi connectivity index (χ1) is 7.63. The number of methoxy groups -OCH3 is 1. The Morgan fingerprint density at radius 2 is 2.06 bits per heavy atom. The smallest absolute Gasteiger partial charge is 0.163 e. The highest BCUT2D eigenvalue weighted by Crippen LogP contribution is 2.14. The zero-order valence-corrected chi connectivity index (χ0v) is 9.06. The number of carboxylic acids is 1. The topological polar surface area (TPSA) is 66.4 Å². The molecule has 0 aliphatic carbocycles. The van der Waals surface area contributed by atoms with Crippen LogP contribution in [0.3, 0.4) is 0 Å². The lowest BCUT2D eigenvalue weighted by molar-refractivity contribution is -0.305. The highest BCUT2D eigenvalue weighted by molar-refractivity contribution is 5.96. The summed E-state index contributed by atoms with van der Waals surface area (Å²) in [5.41, 5.74) is 0.540. The van der Waals surface area contributed by atoms with Gasteiger partial charge in [0.05, 0.1) is 7.11 Å². The first-order valence-electron chi connectivity index (χ1n) is 5.00. The molecule has 0 N–H and O–H groups in total. The van der Waals surface area contributed by atoms with Crippen LogP contribution >= 0.6 is 0 Å². The monoisotopic (exact) mass is 221 g/mol. The van der Waals surface area contributed by atoms with Crippen molar-refractivity contribution in [3.63, 3.8) is 0 Å². The molecule has 16 heavy (non-hydrogen) atoms. The van der Waals surface area contributed by atoms with E-state index in [4.69, 9.17) is 4.74 Å². The SMILES string of the molecule is COc1cccc(C(=O)CCCC(=O)[O-])c1. The molecule has 1 rings (SSSR count). The number of ether oxygens (including phenoxy) is 1. The number of benzene rings is 1. The van der Waals surface area contributed by atoms with E-state index in [2.05, 4.69) is 0 Å². The Balaban J connectivity index is 2.55. The third-order valence-electron chi connectivity index (χ3n) is 2.18. The summed E-state index contributed by atoms with van der Waals surface area (Å²) >= 11 is 0. The minimum Gasteiger partial charge on any atom is -0.550 e. The number of ketones is 1. The number of carbonyl (C=O) groups excluding carboxylic acids is 2. The van der Waals surface area contributed by atoms with Gasteiger partial charge >= 0.3 is 0 Å². The summed E-state index contributed by atoms with van der Waals surface area (Å²) in [6.45, 7) is 0. The van der Waals surface area contributed by atoms with E-state index in [1.54, 1.807) is 24.3 Å². The molecule has 0 atom stereocenters. The molecule has 0 saturated carbocycles. The zero-order chi connectivity index (χ0) is 12.0. The number of aliphatic carboxylic acids is 1. The molecule has 4 heteroatoms. The van der Waals surface area contributed by atoms with Crippen LogP contribution in [-0.2, 0) is 4.79 Å². The molecule has 1 aromatic rings. The van der Waals surface area contributed by atoms with Gasteiger partial charge in [-0.05, 0) is 25.0 Å². The largest absolute Gasteiger partial charge is 0.550 e. The Labute approximate surface area is 93.9 Å². The first-order valence-corrected chi connectivity index (χ1v) is 5.00. The van der Waals surface area contributed by atoms with E-state index < -0.39 is 5.97 Å². The van der Waals surface area contributed by atoms with Gasteiger partial charge in [0, 0.05) is 18.0 Å². The Bertz CT molecular complexity index is 384. The number of hydrogen-bond donors (Lipinski definition) is 0. The fourth-order valence-electron chi connectivity index (χ4n) is 1.33. The maximum absolute atomic E-state index is 11.6. The van der Waals surface area contributed by atoms with E-state index >= 15 is 0 Å². The van der Waals surface area contributed by atoms with Gasteiger partial charge in [-0.2, -0.15) is 0 Å². The van der Waals surface area contributed by atoms with Crippen LogP contribution in [0.4, 0.5) is 0 Å². The van der Waals surface area contributed by atoms with Gasteiger partial charge in [0.15, 0.2) is 5.78 Å². The number of carboxylic acid groups (broad SMARTS) is 1. The van der Waals surface area contributed by atoms with Gasteiger partial charge in [-0.1, -0.05) is 12.1 Å². The maximum Gasteiger partial charge on any atom is 0.163 e. The van der Waals surface area contributed by atoms with Crippen molar-refractivity contribution in [3.05, 3.63) is 29.8 Å². The lowest BCUT2D eigenvalue weighted by Gasteiger charge is -2.04. The molecular weight excluding hydrogens is 208 g/mol. The Morgan fingerprint density at radius 3 is 2.69 bits per heavy atom. The van der Waals surface area contributed by atoms with E-state index in [1.807, 2.05) is 0 Å². The van der Waals surface area contributed by atoms with Crippen LogP contribution in [0.1, 0.15) is 29.6 Å². The predicted molar refractivity (Wildman–Crippen MR) is 56.2 cm³/mol. The van der Waals surface area contributed by atoms with Gasteiger partial charge in [0.1, 0.15) is 5.75 Å². The van der Waals surface area contributed by atoms with Crippen molar-refractivity contribution >= 4 is 11.8 Å². The Hall–Kier alpha value is -1.84. The molecular formula is C12H13O4-. The second kappa shape index (κ2) is 5.90. The van der Waals surface area contributed by atoms with Crippen molar-refractivity contribution in [3.8, 4) is 5.75 Å². The third-order valence-corrected chi connectivity index (χ3v) is 2.18. The average molecular weight is 221 g/mol. The Kier molecular flexibility index (Phi) is 4.51. The van der Waals surface area contributed by atoms with E-state index in [0.29, 0.717) is 17.7 Å². The molecule has 0 saturated heterocycles. The van der Waals surface area contributed by atoms with E-state index in [1.165, 1.54) is 7.11 Å². The summed E-state index contributed by atoms with van der Waals surface area (Å²) < 4.78 is 4.99. The average Bonchev–Trinajstić information content (AvgIpc) is 2.28. The minimum atomic E-state index is -1.13. The molecule has 0 heterocycles. The van der Waals surface area contributed by atoms with Crippen LogP contribution in [0.2, 0.25) is 0 Å². The van der Waals surface area contributed by atoms with Gasteiger partial charge in [-0.15, -0.1) is 0 Å². The van der Waals surface area contributed by atoms with Crippen LogP contribution in [0.25, 0.3) is 0 Å². The van der Waals surface area contributed by atoms with Crippen molar-refractivity contribution in [1.82, 2.24) is 0 Å². The van der Waals surface area contributed by atoms with Crippen LogP contribution in [-0.4, -0.2) is 18.9 Å². The van der Waals surface area contributed by atoms with Crippen molar-refractivity contribution < 1.29 is 19.4 Å². The van der Waals surface area contributed by atoms with Gasteiger partial charge in [0.25, 0.3) is 0 Å². The molecule has 0 aliphatic heterocycles. The van der Waals surface area contributed by atoms with Crippen molar-refractivity contribution in [2.45, 2.75) is 19.3 Å². The fraction of sp³-hybridized carbons (Fsp3) is 0.333. The molecule has 0 spiro atoms. The lowest BCUT2D eigenvalue weighted by Crippen LogP contribution is -2.21. The summed E-state index contributed by atoms with van der Waals surface area (Å²) in [5.74, 6) is -0.593. The zero-order valence-electron chi connectivity index (χ0n) is 9.06. The Morgan fingerprint density at radius 1 is 1.31 bits per heavy atom. The van der Waals surface area contributed by atoms with Gasteiger partial charge in [-0.3, -0.25) is 4.79 Å². The molecule has 0 radical (unpaired) electrons. The van der Waals surface area contributed by atoms with Crippen molar-refractivity contribution in [2.24, 2.45) is 0 Å². The number of rotatable bonds is 6. The fourth-order valence-corrected chi connectivity index (χ4v) is 1.33. The second-order valence-electron chi connectivity index (χ2n) is 3.38. The quantitative estimate of drug-likeness (QED) is 0.666. The van der Waals surface area contributed by atoms with Crippen molar-refractivity contribution in [1.29, 1.82) is 0 Å². The van der Waals surface area contributed by atoms with E-state index in [9.17, 15) is 14.7 Å². The van der Waals surface area contributed by atoms with Crippen molar-refractivity contribution in [2.75, 3.05) is 7.11 Å². The van der Waals surface area contributed by atoms with Crippen LogP contribution in [0, 0.1) is 0 Å². The molecule has 0 aromatic heterocycles. The molecule has 0 fully saturated rings. The molecule has 0 aliphatic rings. The first kappa shape index (κ1) is 12.2. The number of Topliss-reactive ketones (excluding diaryl/α,β-unsaturated/α-hetero) is 1. The normalized spacial score (nSPS) is 9.81. The number of hydrogen-bond acceptors (Lipinski definition) is 4. The minimum absolute atomic E-state index is 0.0832. The van der Waals surface area contributed by atoms with E-state index in [-0.39, 0.29) is 18.6 Å². The summed E-state index contributed by atoms with van der Waals surface area (Å²) in [4.78, 5) is 21.8. The lowest BCUT2D eigenvalue weighted by atomic mass is 10.1. The van der Waals surface area contributed by atoms with Crippen LogP contribution < -0.4 is 9.84 Å². The third kappa shape index (κ3) is 3.73. The summed E-state index contributed by atoms with van der Waals surface area (Å²) in [6, 6.07) is 6.80. The summed E-state index contributed by atoms with van der Waals surface area (Å²) in [6.07, 6.45) is 0.426. The number of carbonyl (C=O) groups is 2. The molecule has 0 unspecified atom stereocenters. The highest BCUT2D eigenvalue weighted by Gasteiger charge is 2.06. The highest BCUT2D eigenvalue weighted by atomic mass is 16.5. The van der Waals surface area contributed by atoms with Gasteiger partial charge < -0.3 is 14.6 Å². The van der Waals surface area contributed by atoms with Gasteiger partial charge in [0.2, 0.25) is 0 Å². The van der Waals surface area contributed by atoms with Gasteiger partial charge in [-0.25, -0.2) is 0 Å². The van der Waals surface area contributed by atoms with Crippen LogP contribution in [0.5, 0.6) is 5.75 Å². The maximum atomic E-state index is 11.6. The summed E-state index contributed by atoms with van der Waals surface area (Å²) in [5, 5.41) is 10.2. The standard InChI is InChI=1S/C12H14O4/c1-16-10-5-2-4-9(8-10)11(13)6-3-7-12(14)15/h2,4-5,8H,3,6-7H2,1H3,(H,14,15)/p-1. The molecule has 0 bridgehead atoms. The summed E-state index contributed by atoms with van der Waals surface area (Å²) in [7, 11) is 1.53. The molecule has 4 nitrogen and oxygen atoms in total. The second-order valence-corrected chi connectivity index (χ2v) is 3.38. The molecule has 0 amide bonds. The molecule has 86 valence electrons. The van der Waals surface area contributed by atoms with E-state index in [0.717, 1.165) is 0 Å².